The van der Waals surface area contributed by atoms with Crippen molar-refractivity contribution in [3.8, 4) is 0 Å². The fourth-order valence-corrected chi connectivity index (χ4v) is 3.67. The number of nitrogens with zero attached hydrogens (tertiary/aromatic N) is 1. The Hall–Kier alpha value is -4.67. The second kappa shape index (κ2) is 13.1. The van der Waals surface area contributed by atoms with Gasteiger partial charge in [-0.15, -0.1) is 0 Å². The zero-order valence-electron chi connectivity index (χ0n) is 24.2. The molecule has 0 radical (unpaired) electrons. The van der Waals surface area contributed by atoms with Crippen molar-refractivity contribution in [2.45, 2.75) is 71.8 Å². The first-order valence-electron chi connectivity index (χ1n) is 13.2. The Balaban J connectivity index is 1.66. The number of aromatic amines is 1. The van der Waals surface area contributed by atoms with Crippen molar-refractivity contribution in [3.63, 3.8) is 0 Å². The zero-order valence-corrected chi connectivity index (χ0v) is 24.2. The van der Waals surface area contributed by atoms with Gasteiger partial charge in [0.25, 0.3) is 11.8 Å². The van der Waals surface area contributed by atoms with Crippen LogP contribution in [0, 0.1) is 0 Å². The van der Waals surface area contributed by atoms with E-state index in [0.29, 0.717) is 5.69 Å². The van der Waals surface area contributed by atoms with Gasteiger partial charge in [0, 0.05) is 18.7 Å². The molecule has 41 heavy (non-hydrogen) atoms. The fourth-order valence-electron chi connectivity index (χ4n) is 3.67. The summed E-state index contributed by atoms with van der Waals surface area (Å²) in [5.41, 5.74) is 0.496. The third-order valence-electron chi connectivity index (χ3n) is 5.41. The Kier molecular flexibility index (Phi) is 9.88. The van der Waals surface area contributed by atoms with Crippen molar-refractivity contribution >= 4 is 29.6 Å². The van der Waals surface area contributed by atoms with Crippen LogP contribution in [0.15, 0.2) is 60.9 Å². The van der Waals surface area contributed by atoms with Gasteiger partial charge < -0.3 is 30.4 Å². The minimum atomic E-state index is -0.995. The molecule has 11 nitrogen and oxygen atoms in total. The van der Waals surface area contributed by atoms with Crippen LogP contribution in [0.25, 0.3) is 0 Å². The minimum Gasteiger partial charge on any atom is -0.458 e. The Morgan fingerprint density at radius 2 is 1.46 bits per heavy atom. The van der Waals surface area contributed by atoms with Gasteiger partial charge in [-0.1, -0.05) is 42.5 Å². The highest BCUT2D eigenvalue weighted by molar-refractivity contribution is 6.10. The highest BCUT2D eigenvalue weighted by Gasteiger charge is 2.29. The molecule has 0 saturated heterocycles. The van der Waals surface area contributed by atoms with Crippen LogP contribution in [0.2, 0.25) is 0 Å². The first-order chi connectivity index (χ1) is 19.2. The number of esters is 1. The predicted octanol–water partition coefficient (Wildman–Crippen LogP) is 4.37. The van der Waals surface area contributed by atoms with E-state index in [2.05, 4.69) is 25.9 Å². The monoisotopic (exact) mass is 563 g/mol. The molecule has 1 atom stereocenters. The number of benzene rings is 2. The van der Waals surface area contributed by atoms with Gasteiger partial charge in [-0.05, 0) is 64.8 Å². The van der Waals surface area contributed by atoms with E-state index in [9.17, 15) is 19.2 Å². The summed E-state index contributed by atoms with van der Waals surface area (Å²) in [4.78, 5) is 57.7. The van der Waals surface area contributed by atoms with Gasteiger partial charge in [0.15, 0.2) is 5.69 Å². The summed E-state index contributed by atoms with van der Waals surface area (Å²) in [5.74, 6) is -1.89. The number of alkyl carbamates (subject to hydrolysis) is 1. The van der Waals surface area contributed by atoms with Crippen molar-refractivity contribution in [3.05, 3.63) is 83.4 Å². The molecule has 218 valence electrons. The molecular formula is C30H37N5O6. The van der Waals surface area contributed by atoms with E-state index in [4.69, 9.17) is 9.47 Å². The van der Waals surface area contributed by atoms with Crippen LogP contribution in [-0.4, -0.2) is 51.1 Å². The second-order valence-corrected chi connectivity index (χ2v) is 11.4. The first-order valence-corrected chi connectivity index (χ1v) is 13.2. The number of anilines is 1. The van der Waals surface area contributed by atoms with Crippen molar-refractivity contribution in [1.29, 1.82) is 0 Å². The number of H-pyrrole nitrogens is 1. The van der Waals surface area contributed by atoms with E-state index < -0.39 is 41.1 Å². The lowest BCUT2D eigenvalue weighted by Crippen LogP contribution is -2.46. The van der Waals surface area contributed by atoms with Crippen LogP contribution >= 0.6 is 0 Å². The standard InChI is InChI=1S/C30H37N5O6/c1-29(2,3)40-27(38)22(16-19-10-8-7-9-11-19)35-26(37)24-23(32-18-33-24)25(36)34-21-14-12-20(13-15-21)17-31-28(39)41-30(4,5)6/h7-15,18,22H,16-17H2,1-6H3,(H,31,39)(H,32,33)(H,34,36)(H,35,37)/t22-/m0/s1. The minimum absolute atomic E-state index is 0.0951. The van der Waals surface area contributed by atoms with Crippen LogP contribution in [0.1, 0.15) is 73.6 Å². The number of carbonyl (C=O) groups is 4. The van der Waals surface area contributed by atoms with E-state index in [1.54, 1.807) is 65.8 Å². The van der Waals surface area contributed by atoms with Crippen LogP contribution in [0.3, 0.4) is 0 Å². The highest BCUT2D eigenvalue weighted by atomic mass is 16.6. The topological polar surface area (TPSA) is 152 Å². The Bertz CT molecular complexity index is 1350. The summed E-state index contributed by atoms with van der Waals surface area (Å²) in [6.07, 6.45) is 0.901. The van der Waals surface area contributed by atoms with Crippen molar-refractivity contribution in [2.24, 2.45) is 0 Å². The van der Waals surface area contributed by atoms with Gasteiger partial charge in [0.1, 0.15) is 22.9 Å². The molecule has 0 aliphatic rings. The molecule has 0 aliphatic carbocycles. The molecule has 0 saturated carbocycles. The third kappa shape index (κ3) is 10.1. The summed E-state index contributed by atoms with van der Waals surface area (Å²) in [6, 6.07) is 15.0. The van der Waals surface area contributed by atoms with E-state index in [1.807, 2.05) is 30.3 Å². The molecule has 1 aromatic heterocycles. The molecule has 0 aliphatic heterocycles. The Morgan fingerprint density at radius 1 is 0.829 bits per heavy atom. The molecule has 3 rings (SSSR count). The largest absolute Gasteiger partial charge is 0.458 e. The van der Waals surface area contributed by atoms with Gasteiger partial charge in [-0.3, -0.25) is 9.59 Å². The number of hydrogen-bond acceptors (Lipinski definition) is 7. The molecule has 11 heteroatoms. The summed E-state index contributed by atoms with van der Waals surface area (Å²) in [7, 11) is 0. The van der Waals surface area contributed by atoms with Crippen molar-refractivity contribution < 1.29 is 28.7 Å². The molecule has 1 heterocycles. The molecule has 0 fully saturated rings. The third-order valence-corrected chi connectivity index (χ3v) is 5.41. The summed E-state index contributed by atoms with van der Waals surface area (Å²) >= 11 is 0. The number of hydrogen-bond donors (Lipinski definition) is 4. The maximum Gasteiger partial charge on any atom is 0.407 e. The van der Waals surface area contributed by atoms with Crippen molar-refractivity contribution in [2.75, 3.05) is 5.32 Å². The van der Waals surface area contributed by atoms with Gasteiger partial charge in [0.2, 0.25) is 0 Å². The number of imidazole rings is 1. The molecule has 3 aromatic rings. The van der Waals surface area contributed by atoms with E-state index in [0.717, 1.165) is 11.1 Å². The molecule has 2 aromatic carbocycles. The molecule has 0 unspecified atom stereocenters. The zero-order chi connectivity index (χ0) is 30.2. The average molecular weight is 564 g/mol. The highest BCUT2D eigenvalue weighted by Crippen LogP contribution is 2.15. The number of amides is 3. The van der Waals surface area contributed by atoms with Gasteiger partial charge in [-0.25, -0.2) is 14.6 Å². The smallest absolute Gasteiger partial charge is 0.407 e. The molecular weight excluding hydrogens is 526 g/mol. The quantitative estimate of drug-likeness (QED) is 0.282. The molecule has 4 N–H and O–H groups in total. The van der Waals surface area contributed by atoms with Crippen LogP contribution in [-0.2, 0) is 27.2 Å². The Labute approximate surface area is 239 Å². The van der Waals surface area contributed by atoms with Crippen molar-refractivity contribution in [1.82, 2.24) is 20.6 Å². The van der Waals surface area contributed by atoms with Gasteiger partial charge in [-0.2, -0.15) is 0 Å². The normalized spacial score (nSPS) is 12.1. The fraction of sp³-hybridized carbons (Fsp3) is 0.367. The molecule has 3 amide bonds. The lowest BCUT2D eigenvalue weighted by molar-refractivity contribution is -0.157. The average Bonchev–Trinajstić information content (AvgIpc) is 3.37. The number of ether oxygens (including phenoxy) is 2. The predicted molar refractivity (Wildman–Crippen MR) is 153 cm³/mol. The van der Waals surface area contributed by atoms with Crippen LogP contribution in [0.5, 0.6) is 0 Å². The summed E-state index contributed by atoms with van der Waals surface area (Å²) in [5, 5.41) is 8.06. The maximum absolute atomic E-state index is 13.2. The maximum atomic E-state index is 13.2. The number of aromatic nitrogens is 2. The van der Waals surface area contributed by atoms with Gasteiger partial charge in [0.05, 0.1) is 6.33 Å². The van der Waals surface area contributed by atoms with Crippen LogP contribution in [0.4, 0.5) is 10.5 Å². The molecule has 0 bridgehead atoms. The lowest BCUT2D eigenvalue weighted by Gasteiger charge is -2.24. The number of rotatable bonds is 9. The van der Waals surface area contributed by atoms with Crippen LogP contribution < -0.4 is 16.0 Å². The second-order valence-electron chi connectivity index (χ2n) is 11.4. The molecule has 0 spiro atoms. The summed E-state index contributed by atoms with van der Waals surface area (Å²) < 4.78 is 10.7. The lowest BCUT2D eigenvalue weighted by atomic mass is 10.1. The Morgan fingerprint density at radius 3 is 2.07 bits per heavy atom. The SMILES string of the molecule is CC(C)(C)OC(=O)NCc1ccc(NC(=O)c2nc[nH]c2C(=O)N[C@@H](Cc2ccccc2)C(=O)OC(C)(C)C)cc1. The first kappa shape index (κ1) is 30.9. The number of nitrogens with one attached hydrogen (secondary N) is 4. The van der Waals surface area contributed by atoms with E-state index >= 15 is 0 Å². The summed E-state index contributed by atoms with van der Waals surface area (Å²) in [6.45, 7) is 10.8. The van der Waals surface area contributed by atoms with E-state index in [-0.39, 0.29) is 24.4 Å². The van der Waals surface area contributed by atoms with Gasteiger partial charge >= 0.3 is 12.1 Å². The van der Waals surface area contributed by atoms with E-state index in [1.165, 1.54) is 6.33 Å². The number of carbonyl (C=O) groups excluding carboxylic acids is 4.